The largest absolute Gasteiger partial charge is 0.0654 e. The van der Waals surface area contributed by atoms with Crippen LogP contribution in [0.15, 0.2) is 60.7 Å². The van der Waals surface area contributed by atoms with Gasteiger partial charge in [-0.2, -0.15) is 0 Å². The van der Waals surface area contributed by atoms with Gasteiger partial charge in [-0.15, -0.1) is 0 Å². The molecule has 0 nitrogen and oxygen atoms in total. The molecule has 2 aromatic carbocycles. The summed E-state index contributed by atoms with van der Waals surface area (Å²) >= 11 is 0. The molecule has 1 atom stereocenters. The second-order valence-electron chi connectivity index (χ2n) is 9.18. The van der Waals surface area contributed by atoms with Crippen LogP contribution in [-0.2, 0) is 6.42 Å². The van der Waals surface area contributed by atoms with Gasteiger partial charge in [0.05, 0.1) is 0 Å². The van der Waals surface area contributed by atoms with Crippen molar-refractivity contribution in [2.24, 2.45) is 0 Å². The highest BCUT2D eigenvalue weighted by Gasteiger charge is 2.12. The van der Waals surface area contributed by atoms with E-state index in [1.807, 2.05) is 0 Å². The van der Waals surface area contributed by atoms with Crippen LogP contribution in [0, 0.1) is 0 Å². The zero-order valence-electron chi connectivity index (χ0n) is 19.7. The predicted octanol–water partition coefficient (Wildman–Crippen LogP) is 9.88. The molecule has 0 N–H and O–H groups in total. The lowest BCUT2D eigenvalue weighted by Gasteiger charge is -2.18. The molecule has 166 valence electrons. The molecule has 0 saturated heterocycles. The average Bonchev–Trinajstić information content (AvgIpc) is 2.80. The number of hydrogen-bond donors (Lipinski definition) is 0. The molecule has 0 aliphatic carbocycles. The Bertz CT molecular complexity index is 600. The topological polar surface area (TPSA) is 0 Å². The van der Waals surface area contributed by atoms with E-state index in [1.165, 1.54) is 114 Å². The zero-order chi connectivity index (χ0) is 21.1. The van der Waals surface area contributed by atoms with Gasteiger partial charge in [0, 0.05) is 0 Å². The van der Waals surface area contributed by atoms with Crippen LogP contribution < -0.4 is 0 Å². The van der Waals surface area contributed by atoms with Gasteiger partial charge in [0.1, 0.15) is 0 Å². The first kappa shape index (κ1) is 24.7. The summed E-state index contributed by atoms with van der Waals surface area (Å²) in [5.41, 5.74) is 2.98. The van der Waals surface area contributed by atoms with Gasteiger partial charge in [0.2, 0.25) is 0 Å². The molecular weight excluding hydrogens is 360 g/mol. The molecule has 0 fully saturated rings. The van der Waals surface area contributed by atoms with Gasteiger partial charge in [0.25, 0.3) is 0 Å². The fourth-order valence-electron chi connectivity index (χ4n) is 4.60. The van der Waals surface area contributed by atoms with E-state index < -0.39 is 0 Å². The Morgan fingerprint density at radius 3 is 1.43 bits per heavy atom. The Labute approximate surface area is 187 Å². The molecule has 2 aromatic rings. The van der Waals surface area contributed by atoms with Crippen LogP contribution in [0.3, 0.4) is 0 Å². The molecule has 0 heteroatoms. The lowest BCUT2D eigenvalue weighted by Crippen LogP contribution is -2.03. The molecule has 0 heterocycles. The minimum atomic E-state index is 0.658. The molecule has 1 unspecified atom stereocenters. The molecule has 0 amide bonds. The number of unbranched alkanes of at least 4 members (excludes halogenated alkanes) is 13. The van der Waals surface area contributed by atoms with Crippen molar-refractivity contribution in [2.45, 2.75) is 116 Å². The molecule has 0 aromatic heterocycles. The van der Waals surface area contributed by atoms with E-state index in [-0.39, 0.29) is 0 Å². The highest BCUT2D eigenvalue weighted by molar-refractivity contribution is 5.24. The van der Waals surface area contributed by atoms with Crippen molar-refractivity contribution in [1.29, 1.82) is 0 Å². The maximum atomic E-state index is 2.32. The van der Waals surface area contributed by atoms with Gasteiger partial charge in [-0.25, -0.2) is 0 Å². The monoisotopic (exact) mass is 406 g/mol. The Hall–Kier alpha value is -1.56. The van der Waals surface area contributed by atoms with Gasteiger partial charge in [-0.3, -0.25) is 0 Å². The molecule has 30 heavy (non-hydrogen) atoms. The summed E-state index contributed by atoms with van der Waals surface area (Å²) in [6.07, 6.45) is 22.6. The second-order valence-corrected chi connectivity index (χ2v) is 9.18. The number of benzene rings is 2. The number of hydrogen-bond acceptors (Lipinski definition) is 0. The van der Waals surface area contributed by atoms with Crippen molar-refractivity contribution >= 4 is 0 Å². The van der Waals surface area contributed by atoms with Crippen molar-refractivity contribution in [1.82, 2.24) is 0 Å². The van der Waals surface area contributed by atoms with Gasteiger partial charge in [-0.05, 0) is 29.9 Å². The first-order chi connectivity index (χ1) is 14.9. The van der Waals surface area contributed by atoms with Crippen LogP contribution >= 0.6 is 0 Å². The Balaban J connectivity index is 1.52. The van der Waals surface area contributed by atoms with Gasteiger partial charge in [0.15, 0.2) is 0 Å². The maximum absolute atomic E-state index is 2.32. The van der Waals surface area contributed by atoms with Crippen LogP contribution in [0.5, 0.6) is 0 Å². The normalized spacial score (nSPS) is 12.2. The molecule has 0 aliphatic heterocycles. The minimum Gasteiger partial charge on any atom is -0.0654 e. The summed E-state index contributed by atoms with van der Waals surface area (Å²) < 4.78 is 0. The molecular formula is C30H46. The Kier molecular flexibility index (Phi) is 14.1. The third kappa shape index (κ3) is 11.6. The lowest BCUT2D eigenvalue weighted by atomic mass is 9.87. The van der Waals surface area contributed by atoms with E-state index >= 15 is 0 Å². The SMILES string of the molecule is CCCCCCCCCCCCCCCCC(Cc1ccccc1)c1ccccc1. The van der Waals surface area contributed by atoms with Crippen LogP contribution in [0.1, 0.15) is 120 Å². The highest BCUT2D eigenvalue weighted by atomic mass is 14.2. The molecule has 0 spiro atoms. The summed E-state index contributed by atoms with van der Waals surface area (Å²) in [6.45, 7) is 2.30. The lowest BCUT2D eigenvalue weighted by molar-refractivity contribution is 0.516. The standard InChI is InChI=1S/C30H46/c1-2-3-4-5-6-7-8-9-10-11-12-13-14-19-26-30(29-24-20-16-21-25-29)27-28-22-17-15-18-23-28/h15-18,20-25,30H,2-14,19,26-27H2,1H3. The molecule has 2 rings (SSSR count). The summed E-state index contributed by atoms with van der Waals surface area (Å²) in [6, 6.07) is 22.2. The van der Waals surface area contributed by atoms with Crippen LogP contribution in [0.2, 0.25) is 0 Å². The van der Waals surface area contributed by atoms with Crippen LogP contribution in [0.4, 0.5) is 0 Å². The zero-order valence-corrected chi connectivity index (χ0v) is 19.7. The fourth-order valence-corrected chi connectivity index (χ4v) is 4.60. The predicted molar refractivity (Wildman–Crippen MR) is 134 cm³/mol. The van der Waals surface area contributed by atoms with E-state index in [4.69, 9.17) is 0 Å². The average molecular weight is 407 g/mol. The van der Waals surface area contributed by atoms with Crippen molar-refractivity contribution in [3.05, 3.63) is 71.8 Å². The smallest absolute Gasteiger partial charge is 0.0121 e. The van der Waals surface area contributed by atoms with Crippen molar-refractivity contribution in [3.63, 3.8) is 0 Å². The van der Waals surface area contributed by atoms with E-state index in [0.29, 0.717) is 5.92 Å². The molecule has 0 bridgehead atoms. The molecule has 0 radical (unpaired) electrons. The summed E-state index contributed by atoms with van der Waals surface area (Å²) in [5, 5.41) is 0. The van der Waals surface area contributed by atoms with E-state index in [0.717, 1.165) is 0 Å². The Morgan fingerprint density at radius 1 is 0.500 bits per heavy atom. The highest BCUT2D eigenvalue weighted by Crippen LogP contribution is 2.27. The Morgan fingerprint density at radius 2 is 0.933 bits per heavy atom. The van der Waals surface area contributed by atoms with Crippen LogP contribution in [-0.4, -0.2) is 0 Å². The van der Waals surface area contributed by atoms with Gasteiger partial charge >= 0.3 is 0 Å². The van der Waals surface area contributed by atoms with Crippen LogP contribution in [0.25, 0.3) is 0 Å². The van der Waals surface area contributed by atoms with Gasteiger partial charge < -0.3 is 0 Å². The number of rotatable bonds is 18. The van der Waals surface area contributed by atoms with Crippen molar-refractivity contribution in [3.8, 4) is 0 Å². The van der Waals surface area contributed by atoms with Crippen molar-refractivity contribution in [2.75, 3.05) is 0 Å². The van der Waals surface area contributed by atoms with E-state index in [2.05, 4.69) is 67.6 Å². The quantitative estimate of drug-likeness (QED) is 0.216. The van der Waals surface area contributed by atoms with E-state index in [9.17, 15) is 0 Å². The second kappa shape index (κ2) is 17.2. The third-order valence-electron chi connectivity index (χ3n) is 6.50. The summed E-state index contributed by atoms with van der Waals surface area (Å²) in [7, 11) is 0. The third-order valence-corrected chi connectivity index (χ3v) is 6.50. The van der Waals surface area contributed by atoms with E-state index in [1.54, 1.807) is 0 Å². The summed E-state index contributed by atoms with van der Waals surface area (Å²) in [5.74, 6) is 0.658. The molecule has 0 aliphatic rings. The minimum absolute atomic E-state index is 0.658. The maximum Gasteiger partial charge on any atom is -0.0121 e. The summed E-state index contributed by atoms with van der Waals surface area (Å²) in [4.78, 5) is 0. The fraction of sp³-hybridized carbons (Fsp3) is 0.600. The van der Waals surface area contributed by atoms with Gasteiger partial charge in [-0.1, -0.05) is 157 Å². The first-order valence-electron chi connectivity index (χ1n) is 13.0. The first-order valence-corrected chi connectivity index (χ1v) is 13.0. The van der Waals surface area contributed by atoms with Crippen molar-refractivity contribution < 1.29 is 0 Å². The molecule has 0 saturated carbocycles.